The average molecular weight is 444 g/mol. The molecule has 0 bridgehead atoms. The van der Waals surface area contributed by atoms with Gasteiger partial charge in [-0.25, -0.2) is 4.39 Å². The van der Waals surface area contributed by atoms with Crippen molar-refractivity contribution in [1.82, 2.24) is 4.57 Å². The fourth-order valence-electron chi connectivity index (χ4n) is 3.54. The topological polar surface area (TPSA) is 43.6 Å². The van der Waals surface area contributed by atoms with E-state index in [2.05, 4.69) is 4.99 Å². The molecule has 1 fully saturated rings. The largest absolute Gasteiger partial charge is 0.419 e. The molecule has 0 N–H and O–H groups in total. The van der Waals surface area contributed by atoms with Crippen LogP contribution in [-0.4, -0.2) is 23.2 Å². The maximum atomic E-state index is 14.4. The summed E-state index contributed by atoms with van der Waals surface area (Å²) >= 11 is 1.29. The van der Waals surface area contributed by atoms with Crippen molar-refractivity contribution in [2.75, 3.05) is 6.61 Å². The Labute approximate surface area is 176 Å². The number of benzene rings is 1. The van der Waals surface area contributed by atoms with Gasteiger partial charge >= 0.3 is 6.18 Å². The van der Waals surface area contributed by atoms with Gasteiger partial charge < -0.3 is 9.30 Å². The number of amides is 1. The SMILES string of the molecule is Cc1c(C(C)(C)C)sc(=NC(=O)c2cccc(C(F)(F)F)c2F)n1C[C@H]1CCCO1. The minimum atomic E-state index is -4.89. The number of hydrogen-bond donors (Lipinski definition) is 0. The Bertz CT molecular complexity index is 1010. The van der Waals surface area contributed by atoms with E-state index in [9.17, 15) is 22.4 Å². The lowest BCUT2D eigenvalue weighted by molar-refractivity contribution is -0.140. The molecule has 3 rings (SSSR count). The monoisotopic (exact) mass is 444 g/mol. The summed E-state index contributed by atoms with van der Waals surface area (Å²) in [6.07, 6.45) is -3.09. The molecule has 30 heavy (non-hydrogen) atoms. The minimum Gasteiger partial charge on any atom is -0.376 e. The van der Waals surface area contributed by atoms with E-state index < -0.39 is 29.0 Å². The highest BCUT2D eigenvalue weighted by Gasteiger charge is 2.35. The lowest BCUT2D eigenvalue weighted by atomic mass is 9.93. The third-order valence-electron chi connectivity index (χ3n) is 4.98. The zero-order valence-electron chi connectivity index (χ0n) is 17.3. The third kappa shape index (κ3) is 4.67. The van der Waals surface area contributed by atoms with Crippen molar-refractivity contribution < 1.29 is 27.1 Å². The molecule has 1 aromatic carbocycles. The van der Waals surface area contributed by atoms with Gasteiger partial charge in [-0.1, -0.05) is 26.8 Å². The second-order valence-corrected chi connectivity index (χ2v) is 9.35. The number of halogens is 4. The normalized spacial score (nSPS) is 18.3. The predicted octanol–water partition coefficient (Wildman–Crippen LogP) is 5.23. The van der Waals surface area contributed by atoms with Crippen LogP contribution in [0.25, 0.3) is 0 Å². The molecule has 1 aromatic heterocycles. The minimum absolute atomic E-state index is 0.0227. The zero-order chi connectivity index (χ0) is 22.3. The van der Waals surface area contributed by atoms with Crippen LogP contribution in [0.1, 0.15) is 60.1 Å². The Kier molecular flexibility index (Phi) is 6.25. The van der Waals surface area contributed by atoms with Crippen molar-refractivity contribution in [1.29, 1.82) is 0 Å². The lowest BCUT2D eigenvalue weighted by Gasteiger charge is -2.18. The Morgan fingerprint density at radius 1 is 1.30 bits per heavy atom. The van der Waals surface area contributed by atoms with Gasteiger partial charge in [-0.05, 0) is 37.3 Å². The summed E-state index contributed by atoms with van der Waals surface area (Å²) in [5, 5.41) is 0. The smallest absolute Gasteiger partial charge is 0.376 e. The number of carbonyl (C=O) groups is 1. The summed E-state index contributed by atoms with van der Waals surface area (Å²) in [7, 11) is 0. The molecule has 164 valence electrons. The Morgan fingerprint density at radius 3 is 2.57 bits per heavy atom. The van der Waals surface area contributed by atoms with Crippen LogP contribution in [0, 0.1) is 12.7 Å². The van der Waals surface area contributed by atoms with E-state index in [1.165, 1.54) is 11.3 Å². The maximum Gasteiger partial charge on any atom is 0.419 e. The van der Waals surface area contributed by atoms with Crippen molar-refractivity contribution in [2.45, 2.75) is 64.8 Å². The Morgan fingerprint density at radius 2 is 2.00 bits per heavy atom. The number of alkyl halides is 3. The molecular formula is C21H24F4N2O2S. The van der Waals surface area contributed by atoms with E-state index in [0.717, 1.165) is 35.5 Å². The van der Waals surface area contributed by atoms with Crippen LogP contribution in [0.4, 0.5) is 17.6 Å². The molecule has 2 heterocycles. The van der Waals surface area contributed by atoms with Crippen molar-refractivity contribution in [3.05, 3.63) is 50.5 Å². The average Bonchev–Trinajstić information content (AvgIpc) is 3.24. The molecule has 4 nitrogen and oxygen atoms in total. The first-order valence-corrected chi connectivity index (χ1v) is 10.5. The highest BCUT2D eigenvalue weighted by molar-refractivity contribution is 7.09. The van der Waals surface area contributed by atoms with Gasteiger partial charge in [0.25, 0.3) is 5.91 Å². The molecule has 0 aliphatic carbocycles. The number of ether oxygens (including phenoxy) is 1. The number of carbonyl (C=O) groups excluding carboxylic acids is 1. The van der Waals surface area contributed by atoms with E-state index in [0.29, 0.717) is 24.0 Å². The number of thiazole rings is 1. The molecule has 2 aromatic rings. The van der Waals surface area contributed by atoms with E-state index in [4.69, 9.17) is 4.74 Å². The summed E-state index contributed by atoms with van der Waals surface area (Å²) in [6, 6.07) is 2.64. The Hall–Kier alpha value is -2.00. The molecule has 1 saturated heterocycles. The van der Waals surface area contributed by atoms with Crippen LogP contribution < -0.4 is 4.80 Å². The summed E-state index contributed by atoms with van der Waals surface area (Å²) in [4.78, 5) is 18.0. The first-order valence-electron chi connectivity index (χ1n) is 9.66. The van der Waals surface area contributed by atoms with Crippen LogP contribution >= 0.6 is 11.3 Å². The molecule has 1 aliphatic rings. The second kappa shape index (κ2) is 8.26. The molecule has 1 atom stereocenters. The summed E-state index contributed by atoms with van der Waals surface area (Å²) in [5.41, 5.74) is -1.48. The van der Waals surface area contributed by atoms with Gasteiger partial charge in [0.1, 0.15) is 5.82 Å². The molecule has 1 aliphatic heterocycles. The summed E-state index contributed by atoms with van der Waals surface area (Å²) in [6.45, 7) is 9.15. The lowest BCUT2D eigenvalue weighted by Crippen LogP contribution is -2.25. The van der Waals surface area contributed by atoms with Crippen LogP contribution in [-0.2, 0) is 22.9 Å². The molecule has 0 radical (unpaired) electrons. The van der Waals surface area contributed by atoms with Crippen LogP contribution in [0.5, 0.6) is 0 Å². The van der Waals surface area contributed by atoms with Gasteiger partial charge in [0.05, 0.1) is 23.8 Å². The Balaban J connectivity index is 2.09. The highest BCUT2D eigenvalue weighted by Crippen LogP contribution is 2.33. The van der Waals surface area contributed by atoms with Crippen molar-refractivity contribution in [2.24, 2.45) is 4.99 Å². The first kappa shape index (κ1) is 22.7. The highest BCUT2D eigenvalue weighted by atomic mass is 32.1. The van der Waals surface area contributed by atoms with Gasteiger partial charge in [0.2, 0.25) is 0 Å². The van der Waals surface area contributed by atoms with Crippen LogP contribution in [0.2, 0.25) is 0 Å². The maximum absolute atomic E-state index is 14.4. The van der Waals surface area contributed by atoms with Gasteiger partial charge in [-0.2, -0.15) is 18.2 Å². The second-order valence-electron chi connectivity index (χ2n) is 8.38. The molecule has 9 heteroatoms. The fourth-order valence-corrected chi connectivity index (χ4v) is 4.73. The first-order chi connectivity index (χ1) is 13.9. The standard InChI is InChI=1S/C21H24F4N2O2S/c1-12-17(20(2,3)4)30-19(27(12)11-13-7-6-10-29-13)26-18(28)14-8-5-9-15(16(14)22)21(23,24)25/h5,8-9,13H,6-7,10-11H2,1-4H3/t13-/m1/s1. The molecule has 1 amide bonds. The number of nitrogens with zero attached hydrogens (tertiary/aromatic N) is 2. The van der Waals surface area contributed by atoms with Gasteiger partial charge in [0, 0.05) is 17.2 Å². The third-order valence-corrected chi connectivity index (χ3v) is 6.59. The van der Waals surface area contributed by atoms with Gasteiger partial charge in [-0.15, -0.1) is 11.3 Å². The van der Waals surface area contributed by atoms with Crippen molar-refractivity contribution in [3.8, 4) is 0 Å². The van der Waals surface area contributed by atoms with Crippen LogP contribution in [0.3, 0.4) is 0 Å². The molecule has 0 saturated carbocycles. The number of rotatable bonds is 3. The predicted molar refractivity (Wildman–Crippen MR) is 106 cm³/mol. The zero-order valence-corrected chi connectivity index (χ0v) is 18.1. The number of hydrogen-bond acceptors (Lipinski definition) is 3. The quantitative estimate of drug-likeness (QED) is 0.608. The van der Waals surface area contributed by atoms with Crippen molar-refractivity contribution >= 4 is 17.2 Å². The molecule has 0 spiro atoms. The van der Waals surface area contributed by atoms with Gasteiger partial charge in [-0.3, -0.25) is 4.79 Å². The molecule has 0 unspecified atom stereocenters. The van der Waals surface area contributed by atoms with E-state index in [-0.39, 0.29) is 11.5 Å². The molecular weight excluding hydrogens is 420 g/mol. The van der Waals surface area contributed by atoms with Crippen molar-refractivity contribution in [3.63, 3.8) is 0 Å². The number of aromatic nitrogens is 1. The van der Waals surface area contributed by atoms with E-state index in [1.54, 1.807) is 0 Å². The van der Waals surface area contributed by atoms with E-state index >= 15 is 0 Å². The van der Waals surface area contributed by atoms with Crippen LogP contribution in [0.15, 0.2) is 23.2 Å². The van der Waals surface area contributed by atoms with E-state index in [1.807, 2.05) is 32.3 Å². The summed E-state index contributed by atoms with van der Waals surface area (Å²) < 4.78 is 60.9. The summed E-state index contributed by atoms with van der Waals surface area (Å²) in [5.74, 6) is -2.64. The van der Waals surface area contributed by atoms with Gasteiger partial charge in [0.15, 0.2) is 4.80 Å². The fraction of sp³-hybridized carbons (Fsp3) is 0.524.